The van der Waals surface area contributed by atoms with Crippen LogP contribution in [-0.2, 0) is 9.53 Å². The van der Waals surface area contributed by atoms with E-state index in [0.29, 0.717) is 28.2 Å². The average molecular weight is 482 g/mol. The maximum absolute atomic E-state index is 13.8. The first-order valence-electron chi connectivity index (χ1n) is 11.7. The lowest BCUT2D eigenvalue weighted by Crippen LogP contribution is -2.50. The Hall–Kier alpha value is -4.32. The van der Waals surface area contributed by atoms with Crippen molar-refractivity contribution in [1.82, 2.24) is 5.32 Å². The molecule has 6 nitrogen and oxygen atoms in total. The number of carbonyl (C=O) groups excluding carboxylic acids is 2. The normalized spacial score (nSPS) is 20.7. The van der Waals surface area contributed by atoms with Crippen molar-refractivity contribution in [3.05, 3.63) is 106 Å². The summed E-state index contributed by atoms with van der Waals surface area (Å²) in [6.07, 6.45) is 3.62. The van der Waals surface area contributed by atoms with Crippen molar-refractivity contribution in [2.75, 3.05) is 21.3 Å². The highest BCUT2D eigenvalue weighted by molar-refractivity contribution is 6.16. The van der Waals surface area contributed by atoms with Crippen molar-refractivity contribution < 1.29 is 23.8 Å². The predicted molar refractivity (Wildman–Crippen MR) is 138 cm³/mol. The lowest BCUT2D eigenvalue weighted by molar-refractivity contribution is -0.145. The summed E-state index contributed by atoms with van der Waals surface area (Å²) in [4.78, 5) is 27.4. The minimum atomic E-state index is -1.32. The quantitative estimate of drug-likeness (QED) is 0.398. The molecule has 0 fully saturated rings. The molecule has 0 radical (unpaired) electrons. The number of hydrogen-bond acceptors (Lipinski definition) is 6. The summed E-state index contributed by atoms with van der Waals surface area (Å²) in [5, 5.41) is 3.28. The number of carbonyl (C=O) groups is 2. The van der Waals surface area contributed by atoms with Gasteiger partial charge in [-0.1, -0.05) is 60.2 Å². The van der Waals surface area contributed by atoms with Crippen molar-refractivity contribution in [3.8, 4) is 11.5 Å². The fourth-order valence-corrected chi connectivity index (χ4v) is 5.23. The average Bonchev–Trinajstić information content (AvgIpc) is 3.43. The monoisotopic (exact) mass is 481 g/mol. The minimum absolute atomic E-state index is 0.153. The number of rotatable bonds is 6. The molecule has 0 saturated carbocycles. The topological polar surface area (TPSA) is 73.9 Å². The second kappa shape index (κ2) is 9.04. The molecule has 1 N–H and O–H groups in total. The van der Waals surface area contributed by atoms with Gasteiger partial charge in [-0.2, -0.15) is 0 Å². The highest BCUT2D eigenvalue weighted by atomic mass is 16.5. The van der Waals surface area contributed by atoms with E-state index in [9.17, 15) is 9.59 Å². The summed E-state index contributed by atoms with van der Waals surface area (Å²) in [6.45, 7) is 1.97. The molecule has 3 aromatic carbocycles. The van der Waals surface area contributed by atoms with E-state index in [-0.39, 0.29) is 5.78 Å². The SMILES string of the molecule is COC(=O)C12NC=C(C(=O)c3ccc(C)cc3)C1c1cc(OC)c(OC)cc1/C2=C\c1ccccc1. The first-order valence-corrected chi connectivity index (χ1v) is 11.7. The van der Waals surface area contributed by atoms with Gasteiger partial charge >= 0.3 is 5.97 Å². The van der Waals surface area contributed by atoms with Crippen molar-refractivity contribution in [2.24, 2.45) is 0 Å². The summed E-state index contributed by atoms with van der Waals surface area (Å²) in [6, 6.07) is 20.9. The Morgan fingerprint density at radius 3 is 2.22 bits per heavy atom. The first kappa shape index (κ1) is 23.4. The molecule has 6 heteroatoms. The summed E-state index contributed by atoms with van der Waals surface area (Å²) in [7, 11) is 4.50. The van der Waals surface area contributed by atoms with Crippen LogP contribution in [0.4, 0.5) is 0 Å². The highest BCUT2D eigenvalue weighted by Crippen LogP contribution is 2.58. The molecular formula is C30H27NO5. The largest absolute Gasteiger partial charge is 0.493 e. The number of hydrogen-bond donors (Lipinski definition) is 1. The molecule has 2 atom stereocenters. The van der Waals surface area contributed by atoms with Crippen LogP contribution in [0.15, 0.2) is 78.5 Å². The summed E-state index contributed by atoms with van der Waals surface area (Å²) >= 11 is 0. The minimum Gasteiger partial charge on any atom is -0.493 e. The van der Waals surface area contributed by atoms with Crippen LogP contribution in [0.25, 0.3) is 11.6 Å². The van der Waals surface area contributed by atoms with E-state index in [1.807, 2.05) is 79.7 Å². The molecule has 1 heterocycles. The van der Waals surface area contributed by atoms with Gasteiger partial charge in [0.05, 0.1) is 27.2 Å². The van der Waals surface area contributed by atoms with Gasteiger partial charge in [0, 0.05) is 17.3 Å². The molecule has 0 saturated heterocycles. The molecule has 182 valence electrons. The second-order valence-electron chi connectivity index (χ2n) is 8.93. The number of methoxy groups -OCH3 is 3. The third-order valence-corrected chi connectivity index (χ3v) is 6.97. The maximum Gasteiger partial charge on any atom is 0.337 e. The lowest BCUT2D eigenvalue weighted by Gasteiger charge is -2.30. The van der Waals surface area contributed by atoms with Gasteiger partial charge in [0.1, 0.15) is 0 Å². The number of Topliss-reactive ketones (excluding diaryl/α,β-unsaturated/α-hetero) is 1. The van der Waals surface area contributed by atoms with Crippen LogP contribution < -0.4 is 14.8 Å². The maximum atomic E-state index is 13.8. The van der Waals surface area contributed by atoms with E-state index in [4.69, 9.17) is 14.2 Å². The third kappa shape index (κ3) is 3.49. The lowest BCUT2D eigenvalue weighted by atomic mass is 9.78. The van der Waals surface area contributed by atoms with E-state index in [0.717, 1.165) is 22.3 Å². The first-order chi connectivity index (χ1) is 17.4. The number of aryl methyl sites for hydroxylation is 1. The number of nitrogens with one attached hydrogen (secondary N) is 1. The summed E-state index contributed by atoms with van der Waals surface area (Å²) < 4.78 is 16.5. The number of esters is 1. The molecule has 1 aliphatic heterocycles. The van der Waals surface area contributed by atoms with Gasteiger partial charge in [0.2, 0.25) is 0 Å². The smallest absolute Gasteiger partial charge is 0.337 e. The van der Waals surface area contributed by atoms with Crippen LogP contribution >= 0.6 is 0 Å². The Morgan fingerprint density at radius 1 is 0.917 bits per heavy atom. The van der Waals surface area contributed by atoms with Crippen LogP contribution in [0.3, 0.4) is 0 Å². The van der Waals surface area contributed by atoms with Gasteiger partial charge in [-0.3, -0.25) is 4.79 Å². The molecule has 0 bridgehead atoms. The molecule has 0 amide bonds. The van der Waals surface area contributed by atoms with Crippen molar-refractivity contribution >= 4 is 23.4 Å². The third-order valence-electron chi connectivity index (χ3n) is 6.97. The zero-order valence-electron chi connectivity index (χ0n) is 20.6. The van der Waals surface area contributed by atoms with Crippen molar-refractivity contribution in [1.29, 1.82) is 0 Å². The van der Waals surface area contributed by atoms with E-state index in [1.54, 1.807) is 20.4 Å². The van der Waals surface area contributed by atoms with Crippen molar-refractivity contribution in [2.45, 2.75) is 18.4 Å². The summed E-state index contributed by atoms with van der Waals surface area (Å²) in [5.74, 6) is -0.203. The number of ether oxygens (including phenoxy) is 3. The van der Waals surface area contributed by atoms with Crippen LogP contribution in [0, 0.1) is 6.92 Å². The molecule has 36 heavy (non-hydrogen) atoms. The molecule has 2 aliphatic rings. The fraction of sp³-hybridized carbons (Fsp3) is 0.200. The Bertz CT molecular complexity index is 1410. The zero-order valence-corrected chi connectivity index (χ0v) is 20.6. The standard InChI is InChI=1S/C30H27NO5/c1-18-10-12-20(13-11-18)28(32)23-17-31-30(29(33)36-4)24(14-19-8-6-5-7-9-19)21-15-25(34-2)26(35-3)16-22(21)27(23)30/h5-17,27,31H,1-4H3/b24-14+. The van der Waals surface area contributed by atoms with Crippen LogP contribution in [0.1, 0.15) is 38.5 Å². The van der Waals surface area contributed by atoms with Gasteiger partial charge < -0.3 is 19.5 Å². The number of benzene rings is 3. The fourth-order valence-electron chi connectivity index (χ4n) is 5.23. The van der Waals surface area contributed by atoms with Gasteiger partial charge in [-0.05, 0) is 47.4 Å². The van der Waals surface area contributed by atoms with Gasteiger partial charge in [0.25, 0.3) is 0 Å². The van der Waals surface area contributed by atoms with Crippen LogP contribution in [0.5, 0.6) is 11.5 Å². The van der Waals surface area contributed by atoms with Crippen LogP contribution in [0.2, 0.25) is 0 Å². The Kier molecular flexibility index (Phi) is 5.88. The van der Waals surface area contributed by atoms with E-state index in [2.05, 4.69) is 5.32 Å². The van der Waals surface area contributed by atoms with Gasteiger partial charge in [-0.15, -0.1) is 0 Å². The molecule has 5 rings (SSSR count). The predicted octanol–water partition coefficient (Wildman–Crippen LogP) is 4.93. The molecule has 0 spiro atoms. The molecule has 1 aliphatic carbocycles. The Labute approximate surface area is 210 Å². The molecular weight excluding hydrogens is 454 g/mol. The van der Waals surface area contributed by atoms with Crippen LogP contribution in [-0.4, -0.2) is 38.6 Å². The Morgan fingerprint density at radius 2 is 1.58 bits per heavy atom. The number of ketones is 1. The van der Waals surface area contributed by atoms with Gasteiger partial charge in [0.15, 0.2) is 22.8 Å². The number of fused-ring (bicyclic) bond motifs is 3. The van der Waals surface area contributed by atoms with Gasteiger partial charge in [-0.25, -0.2) is 4.79 Å². The second-order valence-corrected chi connectivity index (χ2v) is 8.93. The highest BCUT2D eigenvalue weighted by Gasteiger charge is 2.61. The molecule has 0 aromatic heterocycles. The van der Waals surface area contributed by atoms with E-state index in [1.165, 1.54) is 7.11 Å². The molecule has 2 unspecified atom stereocenters. The summed E-state index contributed by atoms with van der Waals surface area (Å²) in [5.41, 5.74) is 3.97. The zero-order chi connectivity index (χ0) is 25.4. The van der Waals surface area contributed by atoms with E-state index < -0.39 is 17.4 Å². The molecule has 3 aromatic rings. The Balaban J connectivity index is 1.76. The van der Waals surface area contributed by atoms with Crippen molar-refractivity contribution in [3.63, 3.8) is 0 Å². The van der Waals surface area contributed by atoms with E-state index >= 15 is 0 Å².